The quantitative estimate of drug-likeness (QED) is 0.721. The lowest BCUT2D eigenvalue weighted by Gasteiger charge is -2.62. The van der Waals surface area contributed by atoms with Gasteiger partial charge in [-0.05, 0) is 85.9 Å². The van der Waals surface area contributed by atoms with Gasteiger partial charge in [0, 0.05) is 12.8 Å². The number of hydrogen-bond acceptors (Lipinski definition) is 5. The molecule has 0 aromatic rings. The van der Waals surface area contributed by atoms with Crippen LogP contribution in [0.5, 0.6) is 0 Å². The van der Waals surface area contributed by atoms with Gasteiger partial charge >= 0.3 is 5.97 Å². The summed E-state index contributed by atoms with van der Waals surface area (Å²) in [5.41, 5.74) is -0.0993. The predicted octanol–water partition coefficient (Wildman–Crippen LogP) is 3.11. The van der Waals surface area contributed by atoms with Crippen LogP contribution < -0.4 is 0 Å². The second-order valence-electron chi connectivity index (χ2n) is 10.7. The van der Waals surface area contributed by atoms with Crippen molar-refractivity contribution in [3.63, 3.8) is 0 Å². The fourth-order valence-electron chi connectivity index (χ4n) is 8.16. The van der Waals surface area contributed by atoms with Crippen molar-refractivity contribution in [1.82, 2.24) is 0 Å². The van der Waals surface area contributed by atoms with Crippen molar-refractivity contribution < 1.29 is 24.5 Å². The number of carbonyl (C=O) groups excluding carboxylic acids is 2. The highest BCUT2D eigenvalue weighted by Gasteiger charge is 2.63. The van der Waals surface area contributed by atoms with Crippen molar-refractivity contribution in [3.05, 3.63) is 0 Å². The van der Waals surface area contributed by atoms with Gasteiger partial charge in [0.2, 0.25) is 0 Å². The zero-order valence-corrected chi connectivity index (χ0v) is 17.5. The van der Waals surface area contributed by atoms with Crippen LogP contribution in [0.1, 0.15) is 72.1 Å². The predicted molar refractivity (Wildman–Crippen MR) is 104 cm³/mol. The van der Waals surface area contributed by atoms with Crippen LogP contribution in [0.3, 0.4) is 0 Å². The molecule has 2 N–H and O–H groups in total. The topological polar surface area (TPSA) is 83.8 Å². The highest BCUT2D eigenvalue weighted by molar-refractivity contribution is 5.85. The number of carbonyl (C=O) groups is 2. The van der Waals surface area contributed by atoms with E-state index in [0.717, 1.165) is 44.9 Å². The van der Waals surface area contributed by atoms with E-state index in [1.54, 1.807) is 0 Å². The summed E-state index contributed by atoms with van der Waals surface area (Å²) in [5, 5.41) is 21.5. The molecule has 0 bridgehead atoms. The van der Waals surface area contributed by atoms with E-state index in [2.05, 4.69) is 13.8 Å². The Morgan fingerprint density at radius 1 is 1.04 bits per heavy atom. The van der Waals surface area contributed by atoms with E-state index in [-0.39, 0.29) is 41.2 Å². The maximum absolute atomic E-state index is 12.8. The average Bonchev–Trinajstić information content (AvgIpc) is 2.96. The Hall–Kier alpha value is -0.940. The van der Waals surface area contributed by atoms with Gasteiger partial charge < -0.3 is 14.9 Å². The number of aliphatic hydroxyl groups is 2. The van der Waals surface area contributed by atoms with E-state index in [1.165, 1.54) is 6.92 Å². The smallest absolute Gasteiger partial charge is 0.303 e. The molecule has 9 atom stereocenters. The molecule has 5 heteroatoms. The molecule has 158 valence electrons. The molecule has 4 rings (SSSR count). The first-order valence-corrected chi connectivity index (χ1v) is 11.2. The second-order valence-corrected chi connectivity index (χ2v) is 10.7. The summed E-state index contributed by atoms with van der Waals surface area (Å²) in [4.78, 5) is 23.9. The minimum atomic E-state index is -0.414. The van der Waals surface area contributed by atoms with Gasteiger partial charge in [-0.15, -0.1) is 0 Å². The first kappa shape index (κ1) is 20.3. The molecule has 0 amide bonds. The molecule has 0 heterocycles. The summed E-state index contributed by atoms with van der Waals surface area (Å²) in [7, 11) is 0. The minimum absolute atomic E-state index is 0.0199. The summed E-state index contributed by atoms with van der Waals surface area (Å²) in [5.74, 6) is 1.17. The second kappa shape index (κ2) is 7.09. The fraction of sp³-hybridized carbons (Fsp3) is 0.913. The Kier molecular flexibility index (Phi) is 5.15. The molecule has 0 spiro atoms. The lowest BCUT2D eigenvalue weighted by molar-refractivity contribution is -0.179. The van der Waals surface area contributed by atoms with Crippen LogP contribution in [-0.2, 0) is 14.3 Å². The van der Waals surface area contributed by atoms with Crippen LogP contribution in [0.2, 0.25) is 0 Å². The Labute approximate surface area is 168 Å². The number of rotatable bonds is 3. The van der Waals surface area contributed by atoms with Crippen LogP contribution >= 0.6 is 0 Å². The van der Waals surface area contributed by atoms with E-state index in [1.807, 2.05) is 0 Å². The third kappa shape index (κ3) is 3.04. The Morgan fingerprint density at radius 2 is 1.79 bits per heavy atom. The molecule has 5 nitrogen and oxygen atoms in total. The van der Waals surface area contributed by atoms with E-state index in [9.17, 15) is 19.8 Å². The molecule has 4 fully saturated rings. The summed E-state index contributed by atoms with van der Waals surface area (Å²) < 4.78 is 5.00. The molecule has 0 saturated heterocycles. The highest BCUT2D eigenvalue weighted by atomic mass is 16.5. The standard InChI is InChI=1S/C23H36O5/c1-13(24)28-12-20(27)18-7-6-17-16-5-4-14-10-15(25)8-9-22(14,2)21(16)19(26)11-23(17,18)3/h14-19,21,25-26H,4-12H2,1-3H3. The van der Waals surface area contributed by atoms with Crippen molar-refractivity contribution in [3.8, 4) is 0 Å². The van der Waals surface area contributed by atoms with Crippen LogP contribution in [0.4, 0.5) is 0 Å². The Balaban J connectivity index is 1.57. The summed E-state index contributed by atoms with van der Waals surface area (Å²) >= 11 is 0. The zero-order valence-electron chi connectivity index (χ0n) is 17.5. The molecular weight excluding hydrogens is 356 g/mol. The molecular formula is C23H36O5. The molecule has 4 saturated carbocycles. The van der Waals surface area contributed by atoms with E-state index in [4.69, 9.17) is 4.74 Å². The summed E-state index contributed by atoms with van der Waals surface area (Å²) in [6.45, 7) is 5.75. The van der Waals surface area contributed by atoms with Crippen molar-refractivity contribution >= 4 is 11.8 Å². The van der Waals surface area contributed by atoms with Gasteiger partial charge in [0.1, 0.15) is 6.61 Å². The Bertz CT molecular complexity index is 647. The molecule has 9 unspecified atom stereocenters. The van der Waals surface area contributed by atoms with Gasteiger partial charge in [0.15, 0.2) is 5.78 Å². The zero-order chi connectivity index (χ0) is 20.3. The van der Waals surface area contributed by atoms with Gasteiger partial charge in [0.05, 0.1) is 12.2 Å². The number of ether oxygens (including phenoxy) is 1. The van der Waals surface area contributed by atoms with E-state index >= 15 is 0 Å². The van der Waals surface area contributed by atoms with Crippen molar-refractivity contribution in [2.24, 2.45) is 40.4 Å². The van der Waals surface area contributed by atoms with Crippen LogP contribution in [0, 0.1) is 40.4 Å². The molecule has 28 heavy (non-hydrogen) atoms. The molecule has 4 aliphatic carbocycles. The molecule has 0 radical (unpaired) electrons. The van der Waals surface area contributed by atoms with Crippen molar-refractivity contribution in [2.75, 3.05) is 6.61 Å². The first-order chi connectivity index (χ1) is 13.2. The van der Waals surface area contributed by atoms with Crippen molar-refractivity contribution in [1.29, 1.82) is 0 Å². The molecule has 0 aliphatic heterocycles. The van der Waals surface area contributed by atoms with E-state index in [0.29, 0.717) is 24.2 Å². The average molecular weight is 393 g/mol. The van der Waals surface area contributed by atoms with Gasteiger partial charge in [-0.2, -0.15) is 0 Å². The normalized spacial score (nSPS) is 50.2. The van der Waals surface area contributed by atoms with Crippen LogP contribution in [0.15, 0.2) is 0 Å². The van der Waals surface area contributed by atoms with Gasteiger partial charge in [-0.3, -0.25) is 9.59 Å². The fourth-order valence-corrected chi connectivity index (χ4v) is 8.16. The van der Waals surface area contributed by atoms with E-state index < -0.39 is 12.1 Å². The SMILES string of the molecule is CC(=O)OCC(=O)C1CCC2C3CCC4CC(O)CCC4(C)C3C(O)CC12C. The lowest BCUT2D eigenvalue weighted by atomic mass is 9.44. The number of esters is 1. The number of aliphatic hydroxyl groups excluding tert-OH is 2. The minimum Gasteiger partial charge on any atom is -0.458 e. The third-order valence-corrected chi connectivity index (χ3v) is 9.37. The maximum atomic E-state index is 12.8. The largest absolute Gasteiger partial charge is 0.458 e. The number of Topliss-reactive ketones (excluding diaryl/α,β-unsaturated/α-hetero) is 1. The first-order valence-electron chi connectivity index (χ1n) is 11.2. The maximum Gasteiger partial charge on any atom is 0.303 e. The monoisotopic (exact) mass is 392 g/mol. The van der Waals surface area contributed by atoms with Gasteiger partial charge in [-0.25, -0.2) is 0 Å². The molecule has 0 aromatic carbocycles. The lowest BCUT2D eigenvalue weighted by Crippen LogP contribution is -2.59. The van der Waals surface area contributed by atoms with Gasteiger partial charge in [0.25, 0.3) is 0 Å². The molecule has 4 aliphatic rings. The molecule has 0 aromatic heterocycles. The summed E-state index contributed by atoms with van der Waals surface area (Å²) in [6.07, 6.45) is 6.90. The number of hydrogen-bond donors (Lipinski definition) is 2. The summed E-state index contributed by atoms with van der Waals surface area (Å²) in [6, 6.07) is 0. The number of ketones is 1. The van der Waals surface area contributed by atoms with Crippen molar-refractivity contribution in [2.45, 2.75) is 84.3 Å². The Morgan fingerprint density at radius 3 is 2.50 bits per heavy atom. The number of fused-ring (bicyclic) bond motifs is 5. The van der Waals surface area contributed by atoms with Crippen LogP contribution in [-0.4, -0.2) is 40.8 Å². The third-order valence-electron chi connectivity index (χ3n) is 9.37. The van der Waals surface area contributed by atoms with Gasteiger partial charge in [-0.1, -0.05) is 13.8 Å². The van der Waals surface area contributed by atoms with Crippen LogP contribution in [0.25, 0.3) is 0 Å². The highest BCUT2D eigenvalue weighted by Crippen LogP contribution is 2.67.